The first-order valence-corrected chi connectivity index (χ1v) is 5.86. The number of hydrogen-bond acceptors (Lipinski definition) is 3. The zero-order valence-electron chi connectivity index (χ0n) is 10.1. The SMILES string of the molecule is Cc1ccc(Cl)c(OC(=O)c2cccc(C)n2)c1. The number of halogens is 1. The summed E-state index contributed by atoms with van der Waals surface area (Å²) in [5.74, 6) is -0.156. The molecule has 0 aliphatic rings. The zero-order valence-corrected chi connectivity index (χ0v) is 10.9. The maximum absolute atomic E-state index is 11.9. The summed E-state index contributed by atoms with van der Waals surface area (Å²) < 4.78 is 5.23. The summed E-state index contributed by atoms with van der Waals surface area (Å²) in [7, 11) is 0. The van der Waals surface area contributed by atoms with E-state index in [0.29, 0.717) is 10.8 Å². The molecule has 0 amide bonds. The van der Waals surface area contributed by atoms with E-state index in [4.69, 9.17) is 16.3 Å². The standard InChI is InChI=1S/C14H12ClNO2/c1-9-6-7-11(15)13(8-9)18-14(17)12-5-3-4-10(2)16-12/h3-8H,1-2H3. The van der Waals surface area contributed by atoms with E-state index in [-0.39, 0.29) is 5.69 Å². The van der Waals surface area contributed by atoms with Gasteiger partial charge in [0.1, 0.15) is 11.4 Å². The summed E-state index contributed by atoms with van der Waals surface area (Å²) in [6.45, 7) is 3.72. The molecule has 1 aromatic heterocycles. The molecule has 0 atom stereocenters. The number of rotatable bonds is 2. The number of carbonyl (C=O) groups excluding carboxylic acids is 1. The molecule has 1 aromatic carbocycles. The van der Waals surface area contributed by atoms with Crippen LogP contribution in [-0.4, -0.2) is 11.0 Å². The van der Waals surface area contributed by atoms with Crippen molar-refractivity contribution in [1.82, 2.24) is 4.98 Å². The summed E-state index contributed by atoms with van der Waals surface area (Å²) in [4.78, 5) is 16.0. The van der Waals surface area contributed by atoms with Gasteiger partial charge in [-0.15, -0.1) is 0 Å². The van der Waals surface area contributed by atoms with Gasteiger partial charge in [0.25, 0.3) is 0 Å². The summed E-state index contributed by atoms with van der Waals surface area (Å²) in [5, 5.41) is 0.404. The molecule has 18 heavy (non-hydrogen) atoms. The van der Waals surface area contributed by atoms with Crippen molar-refractivity contribution >= 4 is 17.6 Å². The third-order valence-electron chi connectivity index (χ3n) is 2.39. The van der Waals surface area contributed by atoms with Crippen molar-refractivity contribution in [2.45, 2.75) is 13.8 Å². The van der Waals surface area contributed by atoms with E-state index in [1.54, 1.807) is 24.3 Å². The molecule has 0 spiro atoms. The minimum Gasteiger partial charge on any atom is -0.420 e. The molecule has 0 bridgehead atoms. The van der Waals surface area contributed by atoms with E-state index in [1.165, 1.54) is 0 Å². The second-order valence-corrected chi connectivity index (χ2v) is 4.39. The summed E-state index contributed by atoms with van der Waals surface area (Å²) in [6, 6.07) is 10.5. The van der Waals surface area contributed by atoms with Gasteiger partial charge in [-0.05, 0) is 43.7 Å². The molecule has 0 fully saturated rings. The number of aromatic nitrogens is 1. The Hall–Kier alpha value is -1.87. The topological polar surface area (TPSA) is 39.2 Å². The quantitative estimate of drug-likeness (QED) is 0.613. The Morgan fingerprint density at radius 1 is 1.22 bits per heavy atom. The van der Waals surface area contributed by atoms with Gasteiger partial charge in [0.05, 0.1) is 5.02 Å². The molecule has 2 rings (SSSR count). The highest BCUT2D eigenvalue weighted by Crippen LogP contribution is 2.25. The summed E-state index contributed by atoms with van der Waals surface area (Å²) in [6.07, 6.45) is 0. The molecule has 0 saturated carbocycles. The second kappa shape index (κ2) is 5.19. The first-order valence-electron chi connectivity index (χ1n) is 5.48. The zero-order chi connectivity index (χ0) is 13.1. The van der Waals surface area contributed by atoms with Crippen molar-refractivity contribution in [2.75, 3.05) is 0 Å². The Balaban J connectivity index is 2.24. The van der Waals surface area contributed by atoms with Gasteiger partial charge in [-0.25, -0.2) is 9.78 Å². The fraction of sp³-hybridized carbons (Fsp3) is 0.143. The van der Waals surface area contributed by atoms with Gasteiger partial charge in [0.2, 0.25) is 0 Å². The van der Waals surface area contributed by atoms with E-state index in [2.05, 4.69) is 4.98 Å². The average molecular weight is 262 g/mol. The molecule has 3 nitrogen and oxygen atoms in total. The molecule has 92 valence electrons. The van der Waals surface area contributed by atoms with E-state index in [9.17, 15) is 4.79 Å². The number of benzene rings is 1. The number of nitrogens with zero attached hydrogens (tertiary/aromatic N) is 1. The van der Waals surface area contributed by atoms with Crippen molar-refractivity contribution < 1.29 is 9.53 Å². The van der Waals surface area contributed by atoms with E-state index in [1.807, 2.05) is 26.0 Å². The largest absolute Gasteiger partial charge is 0.420 e. The first-order chi connectivity index (χ1) is 8.56. The van der Waals surface area contributed by atoms with Gasteiger partial charge in [-0.3, -0.25) is 0 Å². The van der Waals surface area contributed by atoms with Crippen molar-refractivity contribution in [3.05, 3.63) is 58.4 Å². The van der Waals surface area contributed by atoms with Crippen LogP contribution in [0, 0.1) is 13.8 Å². The highest BCUT2D eigenvalue weighted by molar-refractivity contribution is 6.32. The highest BCUT2D eigenvalue weighted by Gasteiger charge is 2.12. The Kier molecular flexibility index (Phi) is 3.63. The van der Waals surface area contributed by atoms with Gasteiger partial charge in [-0.2, -0.15) is 0 Å². The molecule has 0 saturated heterocycles. The van der Waals surface area contributed by atoms with Gasteiger partial charge < -0.3 is 4.74 Å². The van der Waals surface area contributed by atoms with Gasteiger partial charge in [-0.1, -0.05) is 23.7 Å². The van der Waals surface area contributed by atoms with Crippen molar-refractivity contribution in [3.63, 3.8) is 0 Å². The molecule has 1 heterocycles. The Morgan fingerprint density at radius 3 is 2.72 bits per heavy atom. The van der Waals surface area contributed by atoms with Crippen molar-refractivity contribution in [3.8, 4) is 5.75 Å². The molecule has 0 aliphatic heterocycles. The Bertz CT molecular complexity index is 596. The van der Waals surface area contributed by atoms with Crippen LogP contribution in [-0.2, 0) is 0 Å². The van der Waals surface area contributed by atoms with Crippen LogP contribution in [0.15, 0.2) is 36.4 Å². The van der Waals surface area contributed by atoms with E-state index >= 15 is 0 Å². The third kappa shape index (κ3) is 2.87. The number of pyridine rings is 1. The molecule has 0 unspecified atom stereocenters. The van der Waals surface area contributed by atoms with Crippen LogP contribution < -0.4 is 4.74 Å². The minimum absolute atomic E-state index is 0.271. The average Bonchev–Trinajstić information content (AvgIpc) is 2.34. The van der Waals surface area contributed by atoms with Crippen LogP contribution in [0.25, 0.3) is 0 Å². The molecular formula is C14H12ClNO2. The molecule has 0 aliphatic carbocycles. The van der Waals surface area contributed by atoms with Crippen LogP contribution in [0.2, 0.25) is 5.02 Å². The van der Waals surface area contributed by atoms with Crippen LogP contribution in [0.5, 0.6) is 5.75 Å². The van der Waals surface area contributed by atoms with E-state index < -0.39 is 5.97 Å². The van der Waals surface area contributed by atoms with E-state index in [0.717, 1.165) is 11.3 Å². The van der Waals surface area contributed by atoms with Crippen LogP contribution in [0.4, 0.5) is 0 Å². The fourth-order valence-corrected chi connectivity index (χ4v) is 1.65. The predicted octanol–water partition coefficient (Wildman–Crippen LogP) is 3.57. The van der Waals surface area contributed by atoms with Gasteiger partial charge >= 0.3 is 5.97 Å². The maximum atomic E-state index is 11.9. The van der Waals surface area contributed by atoms with Crippen molar-refractivity contribution in [1.29, 1.82) is 0 Å². The first kappa shape index (κ1) is 12.6. The van der Waals surface area contributed by atoms with Crippen molar-refractivity contribution in [2.24, 2.45) is 0 Å². The number of esters is 1. The number of ether oxygens (including phenoxy) is 1. The van der Waals surface area contributed by atoms with Crippen LogP contribution in [0.1, 0.15) is 21.7 Å². The summed E-state index contributed by atoms with van der Waals surface area (Å²) in [5.41, 5.74) is 2.01. The predicted molar refractivity (Wildman–Crippen MR) is 70.1 cm³/mol. The molecule has 0 N–H and O–H groups in total. The molecule has 4 heteroatoms. The fourth-order valence-electron chi connectivity index (χ4n) is 1.50. The summed E-state index contributed by atoms with van der Waals surface area (Å²) >= 11 is 5.96. The smallest absolute Gasteiger partial charge is 0.362 e. The lowest BCUT2D eigenvalue weighted by atomic mass is 10.2. The monoisotopic (exact) mass is 261 g/mol. The Labute approximate surface area is 110 Å². The highest BCUT2D eigenvalue weighted by atomic mass is 35.5. The third-order valence-corrected chi connectivity index (χ3v) is 2.70. The lowest BCUT2D eigenvalue weighted by Gasteiger charge is -2.06. The maximum Gasteiger partial charge on any atom is 0.362 e. The Morgan fingerprint density at radius 2 is 2.00 bits per heavy atom. The van der Waals surface area contributed by atoms with Gasteiger partial charge in [0.15, 0.2) is 0 Å². The van der Waals surface area contributed by atoms with Gasteiger partial charge in [0, 0.05) is 5.69 Å². The normalized spacial score (nSPS) is 10.2. The van der Waals surface area contributed by atoms with Crippen LogP contribution >= 0.6 is 11.6 Å². The lowest BCUT2D eigenvalue weighted by Crippen LogP contribution is -2.11. The molecule has 0 radical (unpaired) electrons. The second-order valence-electron chi connectivity index (χ2n) is 3.99. The lowest BCUT2D eigenvalue weighted by molar-refractivity contribution is 0.0728. The number of aryl methyl sites for hydroxylation is 2. The minimum atomic E-state index is -0.508. The van der Waals surface area contributed by atoms with Crippen LogP contribution in [0.3, 0.4) is 0 Å². The molecule has 2 aromatic rings. The number of hydrogen-bond donors (Lipinski definition) is 0. The number of carbonyl (C=O) groups is 1. The molecular weight excluding hydrogens is 250 g/mol.